The number of rotatable bonds is 5. The van der Waals surface area contributed by atoms with Crippen molar-refractivity contribution in [3.63, 3.8) is 0 Å². The molecule has 1 aromatic heterocycles. The molecular weight excluding hydrogens is 426 g/mol. The molecule has 1 fully saturated rings. The van der Waals surface area contributed by atoms with Crippen LogP contribution < -0.4 is 5.32 Å². The van der Waals surface area contributed by atoms with Crippen LogP contribution in [0, 0.1) is 20.8 Å². The van der Waals surface area contributed by atoms with E-state index in [1.807, 2.05) is 61.7 Å². The maximum Gasteiger partial charge on any atom is 0.325 e. The highest BCUT2D eigenvalue weighted by molar-refractivity contribution is 6.30. The summed E-state index contributed by atoms with van der Waals surface area (Å²) < 4.78 is 1.95. The Morgan fingerprint density at radius 3 is 2.25 bits per heavy atom. The third-order valence-corrected chi connectivity index (χ3v) is 6.27. The first-order valence-electron chi connectivity index (χ1n) is 10.3. The molecule has 0 spiro atoms. The molecule has 0 aliphatic carbocycles. The summed E-state index contributed by atoms with van der Waals surface area (Å²) in [4.78, 5) is 40.0. The Hall–Kier alpha value is -3.38. The number of halogens is 1. The van der Waals surface area contributed by atoms with E-state index in [-0.39, 0.29) is 12.3 Å². The van der Waals surface area contributed by atoms with Crippen LogP contribution in [0.4, 0.5) is 4.79 Å². The maximum absolute atomic E-state index is 13.2. The third-order valence-electron chi connectivity index (χ3n) is 6.02. The molecule has 1 N–H and O–H groups in total. The van der Waals surface area contributed by atoms with Crippen LogP contribution in [0.15, 0.2) is 54.6 Å². The number of urea groups is 1. The fourth-order valence-corrected chi connectivity index (χ4v) is 4.31. The van der Waals surface area contributed by atoms with Crippen LogP contribution in [-0.4, -0.2) is 33.7 Å². The summed E-state index contributed by atoms with van der Waals surface area (Å²) in [5, 5.41) is 3.38. The average Bonchev–Trinajstić information content (AvgIpc) is 3.17. The Labute approximate surface area is 191 Å². The summed E-state index contributed by atoms with van der Waals surface area (Å²) in [7, 11) is 0. The van der Waals surface area contributed by atoms with Crippen molar-refractivity contribution in [2.45, 2.75) is 33.2 Å². The number of benzene rings is 2. The lowest BCUT2D eigenvalue weighted by atomic mass is 9.91. The number of hydrogen-bond acceptors (Lipinski definition) is 3. The Morgan fingerprint density at radius 1 is 1.00 bits per heavy atom. The summed E-state index contributed by atoms with van der Waals surface area (Å²) in [6.07, 6.45) is 0. The van der Waals surface area contributed by atoms with Crippen molar-refractivity contribution in [1.82, 2.24) is 14.8 Å². The van der Waals surface area contributed by atoms with Gasteiger partial charge < -0.3 is 9.88 Å². The van der Waals surface area contributed by atoms with Crippen LogP contribution in [-0.2, 0) is 10.3 Å². The molecule has 164 valence electrons. The Morgan fingerprint density at radius 2 is 1.62 bits per heavy atom. The summed E-state index contributed by atoms with van der Waals surface area (Å²) in [5.41, 5.74) is 3.49. The van der Waals surface area contributed by atoms with Gasteiger partial charge in [-0.3, -0.25) is 14.5 Å². The zero-order chi connectivity index (χ0) is 23.2. The molecule has 2 aromatic carbocycles. The van der Waals surface area contributed by atoms with Crippen molar-refractivity contribution in [1.29, 1.82) is 0 Å². The molecular formula is C25H24ClN3O3. The van der Waals surface area contributed by atoms with Gasteiger partial charge in [-0.05, 0) is 63.6 Å². The first-order chi connectivity index (χ1) is 15.1. The van der Waals surface area contributed by atoms with E-state index in [2.05, 4.69) is 5.32 Å². The molecule has 2 heterocycles. The van der Waals surface area contributed by atoms with Gasteiger partial charge in [-0.15, -0.1) is 0 Å². The molecule has 4 rings (SSSR count). The van der Waals surface area contributed by atoms with E-state index in [4.69, 9.17) is 11.6 Å². The molecule has 0 saturated carbocycles. The van der Waals surface area contributed by atoms with E-state index in [0.717, 1.165) is 27.5 Å². The largest absolute Gasteiger partial charge is 0.325 e. The van der Waals surface area contributed by atoms with Crippen LogP contribution in [0.1, 0.15) is 39.8 Å². The first kappa shape index (κ1) is 21.8. The van der Waals surface area contributed by atoms with Gasteiger partial charge in [-0.25, -0.2) is 4.79 Å². The second-order valence-corrected chi connectivity index (χ2v) is 8.77. The summed E-state index contributed by atoms with van der Waals surface area (Å²) in [6.45, 7) is 7.04. The van der Waals surface area contributed by atoms with Crippen LogP contribution in [0.25, 0.3) is 5.69 Å². The molecule has 0 unspecified atom stereocenters. The molecule has 0 radical (unpaired) electrons. The fourth-order valence-electron chi connectivity index (χ4n) is 4.18. The predicted molar refractivity (Wildman–Crippen MR) is 123 cm³/mol. The third kappa shape index (κ3) is 3.60. The average molecular weight is 450 g/mol. The van der Waals surface area contributed by atoms with Gasteiger partial charge in [-0.1, -0.05) is 41.4 Å². The van der Waals surface area contributed by atoms with Gasteiger partial charge in [0, 0.05) is 27.7 Å². The number of nitrogens with zero attached hydrogens (tertiary/aromatic N) is 2. The van der Waals surface area contributed by atoms with Gasteiger partial charge in [0.2, 0.25) is 0 Å². The van der Waals surface area contributed by atoms with Crippen molar-refractivity contribution in [2.24, 2.45) is 0 Å². The van der Waals surface area contributed by atoms with Crippen LogP contribution in [0.5, 0.6) is 0 Å². The highest BCUT2D eigenvalue weighted by atomic mass is 35.5. The molecule has 0 bridgehead atoms. The minimum atomic E-state index is -1.20. The normalized spacial score (nSPS) is 18.2. The van der Waals surface area contributed by atoms with E-state index in [1.54, 1.807) is 25.1 Å². The SMILES string of the molecule is Cc1ccc([C@]2(C)NC(=O)N(CC(=O)c3cc(C)n(-c4ccc(Cl)cc4)c3C)C2=O)cc1. The number of Topliss-reactive ketones (excluding diaryl/α,β-unsaturated/α-hetero) is 1. The van der Waals surface area contributed by atoms with Crippen molar-refractivity contribution >= 4 is 29.3 Å². The first-order valence-corrected chi connectivity index (χ1v) is 10.7. The van der Waals surface area contributed by atoms with E-state index >= 15 is 0 Å². The van der Waals surface area contributed by atoms with Gasteiger partial charge in [0.25, 0.3) is 5.91 Å². The van der Waals surface area contributed by atoms with Gasteiger partial charge in [0.15, 0.2) is 5.78 Å². The minimum Gasteiger partial charge on any atom is -0.319 e. The molecule has 32 heavy (non-hydrogen) atoms. The van der Waals surface area contributed by atoms with E-state index < -0.39 is 17.5 Å². The highest BCUT2D eigenvalue weighted by Gasteiger charge is 2.49. The summed E-state index contributed by atoms with van der Waals surface area (Å²) >= 11 is 5.99. The quantitative estimate of drug-likeness (QED) is 0.453. The summed E-state index contributed by atoms with van der Waals surface area (Å²) in [6, 6.07) is 16.0. The molecule has 6 nitrogen and oxygen atoms in total. The molecule has 1 aliphatic rings. The van der Waals surface area contributed by atoms with Crippen molar-refractivity contribution in [3.8, 4) is 5.69 Å². The lowest BCUT2D eigenvalue weighted by molar-refractivity contribution is -0.130. The lowest BCUT2D eigenvalue weighted by Crippen LogP contribution is -2.41. The fraction of sp³-hybridized carbons (Fsp3) is 0.240. The second-order valence-electron chi connectivity index (χ2n) is 8.33. The molecule has 1 saturated heterocycles. The number of amides is 3. The van der Waals surface area contributed by atoms with Crippen molar-refractivity contribution in [3.05, 3.63) is 87.7 Å². The molecule has 1 aliphatic heterocycles. The number of ketones is 1. The van der Waals surface area contributed by atoms with Gasteiger partial charge in [0.1, 0.15) is 5.54 Å². The Balaban J connectivity index is 1.60. The van der Waals surface area contributed by atoms with Crippen LogP contribution in [0.3, 0.4) is 0 Å². The predicted octanol–water partition coefficient (Wildman–Crippen LogP) is 4.71. The van der Waals surface area contributed by atoms with Gasteiger partial charge in [-0.2, -0.15) is 0 Å². The van der Waals surface area contributed by atoms with E-state index in [1.165, 1.54) is 0 Å². The van der Waals surface area contributed by atoms with E-state index in [0.29, 0.717) is 16.1 Å². The Kier molecular flexibility index (Phi) is 5.42. The topological polar surface area (TPSA) is 71.4 Å². The monoisotopic (exact) mass is 449 g/mol. The zero-order valence-corrected chi connectivity index (χ0v) is 19.2. The number of imide groups is 1. The van der Waals surface area contributed by atoms with Gasteiger partial charge >= 0.3 is 6.03 Å². The minimum absolute atomic E-state index is 0.296. The molecule has 3 amide bonds. The summed E-state index contributed by atoms with van der Waals surface area (Å²) in [5.74, 6) is -0.735. The van der Waals surface area contributed by atoms with E-state index in [9.17, 15) is 14.4 Å². The second kappa shape index (κ2) is 7.95. The van der Waals surface area contributed by atoms with Gasteiger partial charge in [0.05, 0.1) is 6.54 Å². The highest BCUT2D eigenvalue weighted by Crippen LogP contribution is 2.30. The molecule has 7 heteroatoms. The number of hydrogen-bond donors (Lipinski definition) is 1. The zero-order valence-electron chi connectivity index (χ0n) is 18.4. The number of aromatic nitrogens is 1. The van der Waals surface area contributed by atoms with Crippen molar-refractivity contribution < 1.29 is 14.4 Å². The van der Waals surface area contributed by atoms with Crippen LogP contribution in [0.2, 0.25) is 5.02 Å². The number of aryl methyl sites for hydroxylation is 2. The smallest absolute Gasteiger partial charge is 0.319 e. The standard InChI is InChI=1S/C25H24ClN3O3/c1-15-5-7-18(8-6-15)25(4)23(31)28(24(32)27-25)14-22(30)21-13-16(2)29(17(21)3)20-11-9-19(26)10-12-20/h5-13H,14H2,1-4H3,(H,27,32)/t25-/m0/s1. The Bertz CT molecular complexity index is 1230. The lowest BCUT2D eigenvalue weighted by Gasteiger charge is -2.22. The molecule has 1 atom stereocenters. The number of carbonyl (C=O) groups excluding carboxylic acids is 3. The van der Waals surface area contributed by atoms with Crippen LogP contribution >= 0.6 is 11.6 Å². The molecule has 3 aromatic rings. The van der Waals surface area contributed by atoms with Crippen molar-refractivity contribution in [2.75, 3.05) is 6.54 Å². The number of carbonyl (C=O) groups is 3. The number of nitrogens with one attached hydrogen (secondary N) is 1. The maximum atomic E-state index is 13.2.